The Morgan fingerprint density at radius 2 is 1.40 bits per heavy atom. The number of fused-ring (bicyclic) bond motifs is 1. The Morgan fingerprint density at radius 3 is 2.11 bits per heavy atom. The number of nitrogens with zero attached hydrogens (tertiary/aromatic N) is 3. The number of aromatic hydroxyl groups is 1. The minimum absolute atomic E-state index is 0.0152. The first kappa shape index (κ1) is 25.1. The third kappa shape index (κ3) is 7.40. The number of benzene rings is 6. The van der Waals surface area contributed by atoms with Crippen LogP contribution in [0.2, 0.25) is 0 Å². The summed E-state index contributed by atoms with van der Waals surface area (Å²) in [5, 5.41) is 11.4. The van der Waals surface area contributed by atoms with E-state index in [4.69, 9.17) is 21.4 Å². The van der Waals surface area contributed by atoms with Crippen molar-refractivity contribution in [1.29, 1.82) is 0 Å². The van der Waals surface area contributed by atoms with Gasteiger partial charge in [0.1, 0.15) is 11.6 Å². The molecule has 0 aliphatic heterocycles. The lowest BCUT2D eigenvalue weighted by Crippen LogP contribution is -2.11. The zero-order valence-corrected chi connectivity index (χ0v) is 33.0. The number of pyridine rings is 1. The van der Waals surface area contributed by atoms with Crippen molar-refractivity contribution in [2.45, 2.75) is 72.5 Å². The van der Waals surface area contributed by atoms with Crippen molar-refractivity contribution in [3.05, 3.63) is 168 Å². The highest BCUT2D eigenvalue weighted by atomic mass is 16.3. The maximum absolute atomic E-state index is 11.4. The molecule has 0 bridgehead atoms. The van der Waals surface area contributed by atoms with Gasteiger partial charge in [-0.1, -0.05) is 133 Å². The highest BCUT2D eigenvalue weighted by Crippen LogP contribution is 2.41. The summed E-state index contributed by atoms with van der Waals surface area (Å²) in [7, 11) is 0. The van der Waals surface area contributed by atoms with E-state index >= 15 is 0 Å². The maximum atomic E-state index is 11.4. The molecule has 0 saturated carbocycles. The quantitative estimate of drug-likeness (QED) is 0.168. The van der Waals surface area contributed by atoms with Gasteiger partial charge < -0.3 is 5.11 Å². The topological polar surface area (TPSA) is 50.9 Å². The van der Waals surface area contributed by atoms with Crippen molar-refractivity contribution in [3.63, 3.8) is 0 Å². The van der Waals surface area contributed by atoms with Crippen LogP contribution in [0.15, 0.2) is 146 Å². The predicted molar refractivity (Wildman–Crippen MR) is 239 cm³/mol. The van der Waals surface area contributed by atoms with Crippen molar-refractivity contribution in [3.8, 4) is 67.5 Å². The summed E-state index contributed by atoms with van der Waals surface area (Å²) < 4.78 is 115. The van der Waals surface area contributed by atoms with E-state index in [0.29, 0.717) is 55.5 Å². The van der Waals surface area contributed by atoms with Crippen LogP contribution in [-0.2, 0) is 5.41 Å². The molecule has 4 nitrogen and oxygen atoms in total. The van der Waals surface area contributed by atoms with E-state index in [9.17, 15) is 6.48 Å². The average Bonchev–Trinajstić information content (AvgIpc) is 3.68. The van der Waals surface area contributed by atoms with Crippen molar-refractivity contribution in [2.75, 3.05) is 0 Å². The SMILES string of the molecule is [2H]c1nc(-c2cc(-c3cccc4c3nc(-c3ccccc3O)n4-c3ccc(-c4cc(C([2H])(C)C)cc(C([2H])(C)C)c4)cc3C([2H])([2H])[2H])cc(C(C)(C)C)c2)c([2H])c(-c2c([2H])c([2H])c([2H])c([2H])c2[2H])c1[2H]. The molecule has 0 aliphatic carbocycles. The number of aromatic nitrogens is 3. The zero-order chi connectivity index (χ0) is 51.3. The Balaban J connectivity index is 1.41. The van der Waals surface area contributed by atoms with Gasteiger partial charge in [0.2, 0.25) is 0 Å². The molecule has 1 N–H and O–H groups in total. The van der Waals surface area contributed by atoms with Crippen LogP contribution in [-0.4, -0.2) is 19.6 Å². The van der Waals surface area contributed by atoms with Gasteiger partial charge in [0.25, 0.3) is 0 Å². The van der Waals surface area contributed by atoms with Gasteiger partial charge >= 0.3 is 0 Å². The molecule has 0 fully saturated rings. The van der Waals surface area contributed by atoms with Crippen LogP contribution in [0, 0.1) is 6.85 Å². The highest BCUT2D eigenvalue weighted by Gasteiger charge is 2.23. The molecule has 4 heteroatoms. The third-order valence-corrected chi connectivity index (χ3v) is 10.2. The molecule has 0 radical (unpaired) electrons. The minimum atomic E-state index is -2.67. The van der Waals surface area contributed by atoms with E-state index < -0.39 is 72.5 Å². The number of phenolic OH excluding ortho intramolecular Hbond substituents is 1. The third-order valence-electron chi connectivity index (χ3n) is 10.2. The monoisotopic (exact) mass is 758 g/mol. The van der Waals surface area contributed by atoms with Gasteiger partial charge in [-0.2, -0.15) is 0 Å². The molecule has 0 unspecified atom stereocenters. The standard InChI is InChI=1S/C53H51N3O/c1-33(2)39-26-40(34(3)4)28-41(27-39)37-21-22-48(35(5)25-37)56-49-19-14-18-45(51(49)55-52(56)46-17-12-13-20-50(46)57)42-29-43(31-44(30-42)53(6,7)8)47-32-38(23-24-54-47)36-15-10-9-11-16-36/h9-34,57H,1-8H3/i5D3,9D,10D,11D,15D,16D,23D,24D,32D,33D,34D. The lowest BCUT2D eigenvalue weighted by molar-refractivity contribution is 0.477. The molecule has 8 aromatic rings. The molecule has 6 aromatic carbocycles. The fourth-order valence-electron chi connectivity index (χ4n) is 7.01. The Labute approximate surface area is 355 Å². The van der Waals surface area contributed by atoms with Crippen LogP contribution in [0.1, 0.15) is 100 Å². The Morgan fingerprint density at radius 1 is 0.684 bits per heavy atom. The van der Waals surface area contributed by atoms with E-state index in [1.807, 2.05) is 57.2 Å². The van der Waals surface area contributed by atoms with Crippen molar-refractivity contribution in [2.24, 2.45) is 0 Å². The first-order valence-electron chi connectivity index (χ1n) is 25.3. The second-order valence-electron chi connectivity index (χ2n) is 15.7. The summed E-state index contributed by atoms with van der Waals surface area (Å²) in [6, 6.07) is 24.1. The van der Waals surface area contributed by atoms with E-state index in [0.717, 1.165) is 5.56 Å². The second kappa shape index (κ2) is 15.0. The average molecular weight is 759 g/mol. The molecule has 57 heavy (non-hydrogen) atoms. The number of aryl methyl sites for hydroxylation is 1. The summed E-state index contributed by atoms with van der Waals surface area (Å²) in [6.07, 6.45) is -0.562. The summed E-state index contributed by atoms with van der Waals surface area (Å²) in [5.41, 5.74) is 5.07. The van der Waals surface area contributed by atoms with E-state index in [-0.39, 0.29) is 39.6 Å². The number of para-hydroxylation sites is 2. The van der Waals surface area contributed by atoms with Gasteiger partial charge in [-0.15, -0.1) is 0 Å². The fourth-order valence-corrected chi connectivity index (χ4v) is 7.01. The van der Waals surface area contributed by atoms with Crippen LogP contribution in [0.3, 0.4) is 0 Å². The normalized spacial score (nSPS) is 15.7. The van der Waals surface area contributed by atoms with Crippen LogP contribution in [0.4, 0.5) is 0 Å². The van der Waals surface area contributed by atoms with Crippen molar-refractivity contribution < 1.29 is 22.9 Å². The van der Waals surface area contributed by atoms with Gasteiger partial charge in [-0.3, -0.25) is 9.55 Å². The van der Waals surface area contributed by atoms with Gasteiger partial charge in [0, 0.05) is 24.2 Å². The second-order valence-corrected chi connectivity index (χ2v) is 15.7. The smallest absolute Gasteiger partial charge is 0.149 e. The number of rotatable bonds is 8. The molecule has 2 aromatic heterocycles. The molecule has 284 valence electrons. The van der Waals surface area contributed by atoms with E-state index in [1.165, 1.54) is 6.07 Å². The minimum Gasteiger partial charge on any atom is -0.507 e. The number of imidazole rings is 1. The molecule has 0 spiro atoms. The van der Waals surface area contributed by atoms with Gasteiger partial charge in [-0.05, 0) is 129 Å². The van der Waals surface area contributed by atoms with Gasteiger partial charge in [-0.25, -0.2) is 4.98 Å². The zero-order valence-electron chi connectivity index (χ0n) is 46.0. The molecule has 0 aliphatic rings. The van der Waals surface area contributed by atoms with E-state index in [1.54, 1.807) is 86.9 Å². The van der Waals surface area contributed by atoms with Gasteiger partial charge in [0.05, 0.1) is 38.9 Å². The van der Waals surface area contributed by atoms with Crippen molar-refractivity contribution in [1.82, 2.24) is 14.5 Å². The molecular formula is C53H51N3O. The Bertz CT molecular complexity index is 3370. The summed E-state index contributed by atoms with van der Waals surface area (Å²) in [6.45, 7) is 10.4. The largest absolute Gasteiger partial charge is 0.507 e. The molecule has 2 heterocycles. The maximum Gasteiger partial charge on any atom is 0.149 e. The summed E-state index contributed by atoms with van der Waals surface area (Å²) in [4.78, 5) is 9.58. The van der Waals surface area contributed by atoms with Crippen LogP contribution < -0.4 is 0 Å². The van der Waals surface area contributed by atoms with Crippen LogP contribution >= 0.6 is 0 Å². The first-order chi connectivity index (χ1) is 32.5. The molecule has 0 saturated heterocycles. The predicted octanol–water partition coefficient (Wildman–Crippen LogP) is 14.3. The summed E-state index contributed by atoms with van der Waals surface area (Å²) >= 11 is 0. The molecule has 8 rings (SSSR count). The van der Waals surface area contributed by atoms with Crippen molar-refractivity contribution >= 4 is 11.0 Å². The lowest BCUT2D eigenvalue weighted by Gasteiger charge is -2.22. The molecular weight excluding hydrogens is 695 g/mol. The van der Waals surface area contributed by atoms with E-state index in [2.05, 4.69) is 4.98 Å². The lowest BCUT2D eigenvalue weighted by atomic mass is 9.83. The van der Waals surface area contributed by atoms with Crippen LogP contribution in [0.25, 0.3) is 72.7 Å². The Kier molecular flexibility index (Phi) is 6.60. The van der Waals surface area contributed by atoms with Crippen LogP contribution in [0.5, 0.6) is 5.75 Å². The number of hydrogen-bond acceptors (Lipinski definition) is 3. The summed E-state index contributed by atoms with van der Waals surface area (Å²) in [5.74, 6) is -1.88. The number of phenols is 1. The molecule has 0 amide bonds. The van der Waals surface area contributed by atoms with Gasteiger partial charge in [0.15, 0.2) is 0 Å². The Hall–Kier alpha value is -6.26. The fraction of sp³-hybridized carbons (Fsp3) is 0.208. The first-order valence-corrected chi connectivity index (χ1v) is 18.8. The number of hydrogen-bond donors (Lipinski definition) is 1. The molecule has 0 atom stereocenters. The highest BCUT2D eigenvalue weighted by molar-refractivity contribution is 5.97.